The zero-order chi connectivity index (χ0) is 18.0. The minimum absolute atomic E-state index is 0.0763. The maximum atomic E-state index is 13.2. The van der Waals surface area contributed by atoms with Crippen molar-refractivity contribution < 1.29 is 4.39 Å². The Morgan fingerprint density at radius 1 is 1.15 bits per heavy atom. The molecule has 0 atom stereocenters. The van der Waals surface area contributed by atoms with Gasteiger partial charge in [0.05, 0.1) is 6.54 Å². The SMILES string of the molecule is CN=C(NCc1nnc2ccccn12)NCC1(c2ccc(F)cc2)CC1. The summed E-state index contributed by atoms with van der Waals surface area (Å²) in [7, 11) is 1.74. The lowest BCUT2D eigenvalue weighted by atomic mass is 9.96. The molecule has 2 heterocycles. The van der Waals surface area contributed by atoms with E-state index >= 15 is 0 Å². The molecule has 2 N–H and O–H groups in total. The van der Waals surface area contributed by atoms with Gasteiger partial charge in [0, 0.05) is 25.2 Å². The number of halogens is 1. The van der Waals surface area contributed by atoms with Gasteiger partial charge in [0.2, 0.25) is 0 Å². The average molecular weight is 352 g/mol. The largest absolute Gasteiger partial charge is 0.356 e. The van der Waals surface area contributed by atoms with Gasteiger partial charge in [-0.2, -0.15) is 0 Å². The summed E-state index contributed by atoms with van der Waals surface area (Å²) in [5.74, 6) is 1.34. The summed E-state index contributed by atoms with van der Waals surface area (Å²) in [6.45, 7) is 1.29. The van der Waals surface area contributed by atoms with E-state index in [0.717, 1.165) is 30.9 Å². The van der Waals surface area contributed by atoms with Crippen molar-refractivity contribution in [3.63, 3.8) is 0 Å². The minimum Gasteiger partial charge on any atom is -0.356 e. The van der Waals surface area contributed by atoms with Crippen LogP contribution in [0.15, 0.2) is 53.7 Å². The molecule has 1 aromatic carbocycles. The van der Waals surface area contributed by atoms with E-state index < -0.39 is 0 Å². The minimum atomic E-state index is -0.199. The van der Waals surface area contributed by atoms with Crippen molar-refractivity contribution in [2.75, 3.05) is 13.6 Å². The third-order valence-electron chi connectivity index (χ3n) is 4.93. The molecule has 134 valence electrons. The Bertz CT molecular complexity index is 927. The second kappa shape index (κ2) is 6.74. The van der Waals surface area contributed by atoms with Crippen LogP contribution in [-0.4, -0.2) is 34.2 Å². The predicted octanol–water partition coefficient (Wildman–Crippen LogP) is 2.27. The first kappa shape index (κ1) is 16.5. The van der Waals surface area contributed by atoms with Crippen LogP contribution >= 0.6 is 0 Å². The zero-order valence-corrected chi connectivity index (χ0v) is 14.6. The molecule has 1 aliphatic rings. The summed E-state index contributed by atoms with van der Waals surface area (Å²) in [6, 6.07) is 12.6. The van der Waals surface area contributed by atoms with Gasteiger partial charge in [-0.05, 0) is 42.7 Å². The number of aliphatic imine (C=N–C) groups is 1. The maximum Gasteiger partial charge on any atom is 0.191 e. The summed E-state index contributed by atoms with van der Waals surface area (Å²) < 4.78 is 15.1. The maximum absolute atomic E-state index is 13.2. The van der Waals surface area contributed by atoms with Crippen molar-refractivity contribution in [2.24, 2.45) is 4.99 Å². The van der Waals surface area contributed by atoms with E-state index in [2.05, 4.69) is 25.8 Å². The lowest BCUT2D eigenvalue weighted by Crippen LogP contribution is -2.41. The van der Waals surface area contributed by atoms with Gasteiger partial charge in [0.15, 0.2) is 17.4 Å². The predicted molar refractivity (Wildman–Crippen MR) is 98.5 cm³/mol. The number of hydrogen-bond acceptors (Lipinski definition) is 3. The van der Waals surface area contributed by atoms with Crippen LogP contribution in [0.5, 0.6) is 0 Å². The van der Waals surface area contributed by atoms with E-state index in [4.69, 9.17) is 0 Å². The molecule has 26 heavy (non-hydrogen) atoms. The monoisotopic (exact) mass is 352 g/mol. The van der Waals surface area contributed by atoms with Crippen LogP contribution in [0.4, 0.5) is 4.39 Å². The number of nitrogens with one attached hydrogen (secondary N) is 2. The third-order valence-corrected chi connectivity index (χ3v) is 4.93. The first-order chi connectivity index (χ1) is 12.7. The van der Waals surface area contributed by atoms with Crippen molar-refractivity contribution in [1.29, 1.82) is 0 Å². The summed E-state index contributed by atoms with van der Waals surface area (Å²) in [4.78, 5) is 4.28. The fourth-order valence-corrected chi connectivity index (χ4v) is 3.17. The molecular formula is C19H21FN6. The Morgan fingerprint density at radius 3 is 2.69 bits per heavy atom. The lowest BCUT2D eigenvalue weighted by molar-refractivity contribution is 0.617. The smallest absolute Gasteiger partial charge is 0.191 e. The molecule has 6 nitrogen and oxygen atoms in total. The molecule has 0 saturated heterocycles. The molecule has 1 saturated carbocycles. The fourth-order valence-electron chi connectivity index (χ4n) is 3.17. The van der Waals surface area contributed by atoms with Gasteiger partial charge in [0.25, 0.3) is 0 Å². The van der Waals surface area contributed by atoms with Crippen molar-refractivity contribution in [2.45, 2.75) is 24.8 Å². The van der Waals surface area contributed by atoms with E-state index in [1.807, 2.05) is 40.9 Å². The standard InChI is InChI=1S/C19H21FN6/c1-21-18(22-12-17-25-24-16-4-2-3-11-26(16)17)23-13-19(9-10-19)14-5-7-15(20)8-6-14/h2-8,11H,9-10,12-13H2,1H3,(H2,21,22,23). The van der Waals surface area contributed by atoms with Gasteiger partial charge in [-0.1, -0.05) is 18.2 Å². The van der Waals surface area contributed by atoms with Crippen LogP contribution in [-0.2, 0) is 12.0 Å². The Morgan fingerprint density at radius 2 is 1.96 bits per heavy atom. The van der Waals surface area contributed by atoms with E-state index in [1.165, 1.54) is 17.7 Å². The Kier molecular flexibility index (Phi) is 4.28. The van der Waals surface area contributed by atoms with E-state index in [9.17, 15) is 4.39 Å². The molecule has 0 bridgehead atoms. The van der Waals surface area contributed by atoms with Crippen molar-refractivity contribution in [3.8, 4) is 0 Å². The molecule has 4 rings (SSSR count). The molecule has 7 heteroatoms. The number of hydrogen-bond donors (Lipinski definition) is 2. The number of pyridine rings is 1. The van der Waals surface area contributed by atoms with Gasteiger partial charge in [-0.25, -0.2) is 4.39 Å². The average Bonchev–Trinajstić information content (AvgIpc) is 3.35. The zero-order valence-electron chi connectivity index (χ0n) is 14.6. The van der Waals surface area contributed by atoms with Crippen molar-refractivity contribution in [3.05, 3.63) is 65.9 Å². The highest BCUT2D eigenvalue weighted by atomic mass is 19.1. The number of guanidine groups is 1. The molecular weight excluding hydrogens is 331 g/mol. The van der Waals surface area contributed by atoms with Gasteiger partial charge in [-0.3, -0.25) is 9.39 Å². The number of nitrogens with zero attached hydrogens (tertiary/aromatic N) is 4. The molecule has 1 fully saturated rings. The topological polar surface area (TPSA) is 66.6 Å². The molecule has 0 aliphatic heterocycles. The summed E-state index contributed by atoms with van der Waals surface area (Å²) in [6.07, 6.45) is 4.13. The molecule has 0 radical (unpaired) electrons. The van der Waals surface area contributed by atoms with Crippen LogP contribution in [0.1, 0.15) is 24.2 Å². The Labute approximate surface area is 151 Å². The molecule has 3 aromatic rings. The molecule has 0 spiro atoms. The number of rotatable bonds is 5. The van der Waals surface area contributed by atoms with Crippen LogP contribution in [0, 0.1) is 5.82 Å². The molecule has 1 aliphatic carbocycles. The van der Waals surface area contributed by atoms with Crippen LogP contribution in [0.3, 0.4) is 0 Å². The van der Waals surface area contributed by atoms with Crippen molar-refractivity contribution in [1.82, 2.24) is 25.2 Å². The van der Waals surface area contributed by atoms with Crippen LogP contribution in [0.25, 0.3) is 5.65 Å². The second-order valence-electron chi connectivity index (χ2n) is 6.61. The highest BCUT2D eigenvalue weighted by molar-refractivity contribution is 5.79. The fraction of sp³-hybridized carbons (Fsp3) is 0.316. The normalized spacial score (nSPS) is 15.8. The number of benzene rings is 1. The summed E-state index contributed by atoms with van der Waals surface area (Å²) >= 11 is 0. The molecule has 0 amide bonds. The third kappa shape index (κ3) is 3.24. The molecule has 0 unspecified atom stereocenters. The lowest BCUT2D eigenvalue weighted by Gasteiger charge is -2.19. The highest BCUT2D eigenvalue weighted by Gasteiger charge is 2.44. The van der Waals surface area contributed by atoms with E-state index in [0.29, 0.717) is 12.5 Å². The van der Waals surface area contributed by atoms with Crippen molar-refractivity contribution >= 4 is 11.6 Å². The van der Waals surface area contributed by atoms with Crippen LogP contribution in [0.2, 0.25) is 0 Å². The summed E-state index contributed by atoms with van der Waals surface area (Å²) in [5.41, 5.74) is 2.07. The quantitative estimate of drug-likeness (QED) is 0.546. The first-order valence-corrected chi connectivity index (χ1v) is 8.69. The van der Waals surface area contributed by atoms with Gasteiger partial charge < -0.3 is 10.6 Å². The first-order valence-electron chi connectivity index (χ1n) is 8.69. The van der Waals surface area contributed by atoms with Gasteiger partial charge >= 0.3 is 0 Å². The number of fused-ring (bicyclic) bond motifs is 1. The van der Waals surface area contributed by atoms with E-state index in [1.54, 1.807) is 7.05 Å². The van der Waals surface area contributed by atoms with E-state index in [-0.39, 0.29) is 11.2 Å². The highest BCUT2D eigenvalue weighted by Crippen LogP contribution is 2.47. The Hall–Kier alpha value is -2.96. The van der Waals surface area contributed by atoms with Gasteiger partial charge in [-0.15, -0.1) is 10.2 Å². The number of aromatic nitrogens is 3. The van der Waals surface area contributed by atoms with Crippen LogP contribution < -0.4 is 10.6 Å². The molecule has 2 aromatic heterocycles. The summed E-state index contributed by atoms with van der Waals surface area (Å²) in [5, 5.41) is 15.0. The Balaban J connectivity index is 1.37. The second-order valence-corrected chi connectivity index (χ2v) is 6.61. The van der Waals surface area contributed by atoms with Gasteiger partial charge in [0.1, 0.15) is 5.82 Å².